The fourth-order valence-electron chi connectivity index (χ4n) is 8.15. The fourth-order valence-corrected chi connectivity index (χ4v) is 9.24. The van der Waals surface area contributed by atoms with E-state index in [0.717, 1.165) is 50.1 Å². The zero-order valence-electron chi connectivity index (χ0n) is 29.8. The van der Waals surface area contributed by atoms with Crippen LogP contribution >= 0.6 is 11.3 Å². The van der Waals surface area contributed by atoms with E-state index in [1.807, 2.05) is 23.5 Å². The molecule has 0 radical (unpaired) electrons. The van der Waals surface area contributed by atoms with Crippen molar-refractivity contribution in [1.82, 2.24) is 0 Å². The summed E-state index contributed by atoms with van der Waals surface area (Å²) in [6, 6.07) is 72.4. The van der Waals surface area contributed by atoms with E-state index in [0.29, 0.717) is 0 Å². The van der Waals surface area contributed by atoms with Gasteiger partial charge in [0.05, 0.1) is 0 Å². The summed E-state index contributed by atoms with van der Waals surface area (Å²) in [5.74, 6) is 0. The molecule has 3 heteroatoms. The molecule has 2 nitrogen and oxygen atoms in total. The van der Waals surface area contributed by atoms with E-state index in [2.05, 4.69) is 193 Å². The molecule has 11 rings (SSSR count). The molecular formula is C52H33NOS. The number of rotatable bonds is 6. The Hall–Kier alpha value is -6.94. The normalized spacial score (nSPS) is 11.6. The standard InChI is InChI=1S/C52H33NOS/c1-2-13-43-36(9-1)10-8-16-44(43)39-11-7-12-42(31-39)53(40-25-19-34(20-26-40)37-23-29-50-47(32-37)45-14-3-5-17-49(45)54-50)41-27-21-35(22-28-41)38-24-30-52-48(33-38)46-15-4-6-18-51(46)55-52/h1-33H. The maximum absolute atomic E-state index is 6.12. The molecule has 11 aromatic rings. The Kier molecular flexibility index (Phi) is 7.39. The van der Waals surface area contributed by atoms with Crippen molar-refractivity contribution in [3.63, 3.8) is 0 Å². The van der Waals surface area contributed by atoms with Gasteiger partial charge in [0, 0.05) is 48.0 Å². The van der Waals surface area contributed by atoms with Gasteiger partial charge >= 0.3 is 0 Å². The van der Waals surface area contributed by atoms with Crippen molar-refractivity contribution in [2.24, 2.45) is 0 Å². The zero-order valence-corrected chi connectivity index (χ0v) is 30.6. The minimum Gasteiger partial charge on any atom is -0.456 e. The van der Waals surface area contributed by atoms with Gasteiger partial charge in [-0.2, -0.15) is 0 Å². The number of benzene rings is 9. The summed E-state index contributed by atoms with van der Waals surface area (Å²) in [4.78, 5) is 2.37. The van der Waals surface area contributed by atoms with Crippen LogP contribution in [0.2, 0.25) is 0 Å². The molecule has 0 amide bonds. The summed E-state index contributed by atoms with van der Waals surface area (Å²) in [5.41, 5.74) is 12.3. The lowest BCUT2D eigenvalue weighted by Crippen LogP contribution is -2.10. The first-order chi connectivity index (χ1) is 27.2. The van der Waals surface area contributed by atoms with Gasteiger partial charge in [-0.3, -0.25) is 0 Å². The van der Waals surface area contributed by atoms with E-state index in [1.54, 1.807) is 0 Å². The molecule has 0 aliphatic carbocycles. The highest BCUT2D eigenvalue weighted by Gasteiger charge is 2.16. The van der Waals surface area contributed by atoms with Crippen molar-refractivity contribution < 1.29 is 4.42 Å². The van der Waals surface area contributed by atoms with Gasteiger partial charge in [0.2, 0.25) is 0 Å². The molecule has 0 fully saturated rings. The molecule has 2 aromatic heterocycles. The first kappa shape index (κ1) is 31.6. The Morgan fingerprint density at radius 3 is 1.71 bits per heavy atom. The highest BCUT2D eigenvalue weighted by molar-refractivity contribution is 7.25. The number of nitrogens with zero attached hydrogens (tertiary/aromatic N) is 1. The second-order valence-electron chi connectivity index (χ2n) is 14.1. The number of furan rings is 1. The second-order valence-corrected chi connectivity index (χ2v) is 15.2. The molecule has 0 saturated heterocycles. The minimum atomic E-state index is 0.908. The van der Waals surface area contributed by atoms with Gasteiger partial charge in [0.1, 0.15) is 11.2 Å². The van der Waals surface area contributed by atoms with Crippen LogP contribution in [0, 0.1) is 0 Å². The lowest BCUT2D eigenvalue weighted by Gasteiger charge is -2.26. The van der Waals surface area contributed by atoms with Crippen LogP contribution in [0.15, 0.2) is 205 Å². The number of hydrogen-bond acceptors (Lipinski definition) is 3. The molecule has 2 heterocycles. The molecule has 0 aliphatic heterocycles. The van der Waals surface area contributed by atoms with Crippen LogP contribution in [-0.4, -0.2) is 0 Å². The van der Waals surface area contributed by atoms with E-state index in [-0.39, 0.29) is 0 Å². The van der Waals surface area contributed by atoms with E-state index in [4.69, 9.17) is 4.42 Å². The largest absolute Gasteiger partial charge is 0.456 e. The first-order valence-corrected chi connectivity index (χ1v) is 19.5. The van der Waals surface area contributed by atoms with Crippen molar-refractivity contribution in [3.05, 3.63) is 200 Å². The zero-order chi connectivity index (χ0) is 36.3. The van der Waals surface area contributed by atoms with Crippen molar-refractivity contribution in [2.45, 2.75) is 0 Å². The molecule has 0 N–H and O–H groups in total. The van der Waals surface area contributed by atoms with Crippen LogP contribution in [0.25, 0.3) is 86.3 Å². The molecule has 0 saturated carbocycles. The van der Waals surface area contributed by atoms with Crippen LogP contribution in [-0.2, 0) is 0 Å². The summed E-state index contributed by atoms with van der Waals surface area (Å²) in [5, 5.41) is 7.40. The molecular weight excluding hydrogens is 687 g/mol. The Balaban J connectivity index is 1.01. The van der Waals surface area contributed by atoms with Gasteiger partial charge in [-0.1, -0.05) is 127 Å². The number of anilines is 3. The molecule has 0 unspecified atom stereocenters. The van der Waals surface area contributed by atoms with Crippen LogP contribution in [0.4, 0.5) is 17.1 Å². The fraction of sp³-hybridized carbons (Fsp3) is 0. The molecule has 0 bridgehead atoms. The van der Waals surface area contributed by atoms with Crippen molar-refractivity contribution in [3.8, 4) is 33.4 Å². The third-order valence-corrected chi connectivity index (χ3v) is 12.0. The SMILES string of the molecule is c1cc(-c2cccc3ccccc23)cc(N(c2ccc(-c3ccc4oc5ccccc5c4c3)cc2)c2ccc(-c3ccc4sc5ccccc5c4c3)cc2)c1. The Morgan fingerprint density at radius 1 is 0.327 bits per heavy atom. The van der Waals surface area contributed by atoms with Gasteiger partial charge in [0.25, 0.3) is 0 Å². The lowest BCUT2D eigenvalue weighted by atomic mass is 9.97. The predicted octanol–water partition coefficient (Wildman–Crippen LogP) is 15.6. The Morgan fingerprint density at radius 2 is 0.909 bits per heavy atom. The highest BCUT2D eigenvalue weighted by Crippen LogP contribution is 2.41. The maximum atomic E-state index is 6.12. The first-order valence-electron chi connectivity index (χ1n) is 18.7. The summed E-state index contributed by atoms with van der Waals surface area (Å²) in [6.07, 6.45) is 0. The molecule has 55 heavy (non-hydrogen) atoms. The third-order valence-electron chi connectivity index (χ3n) is 10.9. The van der Waals surface area contributed by atoms with Crippen LogP contribution < -0.4 is 4.90 Å². The van der Waals surface area contributed by atoms with Crippen LogP contribution in [0.5, 0.6) is 0 Å². The number of para-hydroxylation sites is 1. The van der Waals surface area contributed by atoms with Gasteiger partial charge in [-0.25, -0.2) is 0 Å². The summed E-state index contributed by atoms with van der Waals surface area (Å²) in [6.45, 7) is 0. The minimum absolute atomic E-state index is 0.908. The van der Waals surface area contributed by atoms with Gasteiger partial charge in [0.15, 0.2) is 0 Å². The third kappa shape index (κ3) is 5.48. The number of fused-ring (bicyclic) bond motifs is 7. The van der Waals surface area contributed by atoms with Crippen LogP contribution in [0.3, 0.4) is 0 Å². The van der Waals surface area contributed by atoms with E-state index < -0.39 is 0 Å². The summed E-state index contributed by atoms with van der Waals surface area (Å²) >= 11 is 1.86. The van der Waals surface area contributed by atoms with E-state index in [1.165, 1.54) is 53.2 Å². The molecule has 0 aliphatic rings. The average Bonchev–Trinajstić information content (AvgIpc) is 3.82. The average molecular weight is 720 g/mol. The molecule has 0 spiro atoms. The van der Waals surface area contributed by atoms with Crippen molar-refractivity contribution in [1.29, 1.82) is 0 Å². The quantitative estimate of drug-likeness (QED) is 0.170. The van der Waals surface area contributed by atoms with Crippen molar-refractivity contribution >= 4 is 81.3 Å². The molecule has 9 aromatic carbocycles. The Bertz CT molecular complexity index is 3040. The molecule has 0 atom stereocenters. The van der Waals surface area contributed by atoms with Gasteiger partial charge < -0.3 is 9.32 Å². The number of thiophene rings is 1. The van der Waals surface area contributed by atoms with Gasteiger partial charge in [-0.05, 0) is 117 Å². The topological polar surface area (TPSA) is 16.4 Å². The highest BCUT2D eigenvalue weighted by atomic mass is 32.1. The van der Waals surface area contributed by atoms with Crippen LogP contribution in [0.1, 0.15) is 0 Å². The maximum Gasteiger partial charge on any atom is 0.135 e. The molecule has 258 valence electrons. The Labute approximate surface area is 322 Å². The lowest BCUT2D eigenvalue weighted by molar-refractivity contribution is 0.669. The smallest absolute Gasteiger partial charge is 0.135 e. The summed E-state index contributed by atoms with van der Waals surface area (Å²) in [7, 11) is 0. The van der Waals surface area contributed by atoms with E-state index in [9.17, 15) is 0 Å². The summed E-state index contributed by atoms with van der Waals surface area (Å²) < 4.78 is 8.77. The second kappa shape index (κ2) is 12.9. The predicted molar refractivity (Wildman–Crippen MR) is 235 cm³/mol. The monoisotopic (exact) mass is 719 g/mol. The van der Waals surface area contributed by atoms with Gasteiger partial charge in [-0.15, -0.1) is 11.3 Å². The van der Waals surface area contributed by atoms with Crippen molar-refractivity contribution in [2.75, 3.05) is 4.90 Å². The van der Waals surface area contributed by atoms with E-state index >= 15 is 0 Å². The number of hydrogen-bond donors (Lipinski definition) is 0.